The zero-order chi connectivity index (χ0) is 21.0. The first-order chi connectivity index (χ1) is 14.6. The van der Waals surface area contributed by atoms with E-state index in [1.807, 2.05) is 18.2 Å². The molecule has 2 N–H and O–H groups in total. The van der Waals surface area contributed by atoms with Crippen LogP contribution in [0.2, 0.25) is 0 Å². The summed E-state index contributed by atoms with van der Waals surface area (Å²) in [7, 11) is 1.79. The summed E-state index contributed by atoms with van der Waals surface area (Å²) in [5.74, 6) is 0.453. The van der Waals surface area contributed by atoms with Gasteiger partial charge in [0.25, 0.3) is 0 Å². The van der Waals surface area contributed by atoms with Crippen LogP contribution in [0.5, 0.6) is 0 Å². The van der Waals surface area contributed by atoms with E-state index in [1.54, 1.807) is 19.2 Å². The second kappa shape index (κ2) is 10.7. The fourth-order valence-corrected chi connectivity index (χ4v) is 4.26. The molecule has 1 saturated carbocycles. The average molecular weight is 540 g/mol. The number of rotatable bonds is 6. The molecule has 1 saturated heterocycles. The molecule has 2 fully saturated rings. The molecule has 2 aliphatic rings. The summed E-state index contributed by atoms with van der Waals surface area (Å²) in [5, 5.41) is 7.01. The van der Waals surface area contributed by atoms with Crippen LogP contribution in [0.25, 0.3) is 0 Å². The second-order valence-electron chi connectivity index (χ2n) is 8.54. The third kappa shape index (κ3) is 6.38. The van der Waals surface area contributed by atoms with Gasteiger partial charge in [0.2, 0.25) is 0 Å². The second-order valence-corrected chi connectivity index (χ2v) is 8.54. The Balaban J connectivity index is 0.00000272. The first-order valence-corrected chi connectivity index (χ1v) is 10.8. The highest BCUT2D eigenvalue weighted by Gasteiger charge is 2.44. The molecule has 0 unspecified atom stereocenters. The van der Waals surface area contributed by atoms with E-state index in [9.17, 15) is 8.78 Å². The van der Waals surface area contributed by atoms with Crippen LogP contribution >= 0.6 is 24.0 Å². The summed E-state index contributed by atoms with van der Waals surface area (Å²) in [6, 6.07) is 14.1. The van der Waals surface area contributed by atoms with E-state index < -0.39 is 0 Å². The van der Waals surface area contributed by atoms with Gasteiger partial charge in [-0.2, -0.15) is 0 Å². The fraction of sp³-hybridized carbons (Fsp3) is 0.458. The summed E-state index contributed by atoms with van der Waals surface area (Å²) >= 11 is 0. The zero-order valence-electron chi connectivity index (χ0n) is 17.9. The molecule has 0 bridgehead atoms. The van der Waals surface area contributed by atoms with E-state index >= 15 is 0 Å². The van der Waals surface area contributed by atoms with Gasteiger partial charge in [-0.1, -0.05) is 24.3 Å². The predicted octanol–water partition coefficient (Wildman–Crippen LogP) is 4.44. The number of guanidine groups is 1. The van der Waals surface area contributed by atoms with Crippen molar-refractivity contribution >= 4 is 29.9 Å². The summed E-state index contributed by atoms with van der Waals surface area (Å²) < 4.78 is 26.7. The normalized spacial score (nSPS) is 18.9. The number of nitrogens with one attached hydrogen (secondary N) is 2. The predicted molar refractivity (Wildman–Crippen MR) is 132 cm³/mol. The lowest BCUT2D eigenvalue weighted by Crippen LogP contribution is -2.49. The van der Waals surface area contributed by atoms with Crippen molar-refractivity contribution in [2.75, 3.05) is 26.7 Å². The van der Waals surface area contributed by atoms with Crippen molar-refractivity contribution in [1.29, 1.82) is 0 Å². The van der Waals surface area contributed by atoms with Gasteiger partial charge in [-0.25, -0.2) is 8.78 Å². The van der Waals surface area contributed by atoms with Crippen LogP contribution in [0, 0.1) is 11.6 Å². The molecule has 0 atom stereocenters. The van der Waals surface area contributed by atoms with E-state index in [0.717, 1.165) is 68.9 Å². The van der Waals surface area contributed by atoms with E-state index in [2.05, 4.69) is 20.5 Å². The molecule has 0 radical (unpaired) electrons. The van der Waals surface area contributed by atoms with Gasteiger partial charge in [-0.15, -0.1) is 24.0 Å². The molecular formula is C24H31F2IN4. The smallest absolute Gasteiger partial charge is 0.191 e. The highest BCUT2D eigenvalue weighted by molar-refractivity contribution is 14.0. The number of hydrogen-bond donors (Lipinski definition) is 2. The molecule has 2 aromatic rings. The molecule has 7 heteroatoms. The van der Waals surface area contributed by atoms with E-state index in [4.69, 9.17) is 0 Å². The third-order valence-corrected chi connectivity index (χ3v) is 6.36. The molecule has 1 aliphatic carbocycles. The molecule has 0 amide bonds. The Labute approximate surface area is 200 Å². The van der Waals surface area contributed by atoms with Gasteiger partial charge >= 0.3 is 0 Å². The molecule has 1 aliphatic heterocycles. The minimum Gasteiger partial charge on any atom is -0.356 e. The first-order valence-electron chi connectivity index (χ1n) is 10.8. The Kier molecular flexibility index (Phi) is 8.27. The Morgan fingerprint density at radius 2 is 1.77 bits per heavy atom. The standard InChI is InChI=1S/C24H30F2N4.HI/c1-27-23(28-17-24(11-12-24)19-3-2-4-21(26)15-19)29-22-9-13-30(14-10-22)16-18-5-7-20(25)8-6-18;/h2-8,15,22H,9-14,16-17H2,1H3,(H2,27,28,29);1H. The largest absolute Gasteiger partial charge is 0.356 e. The SMILES string of the molecule is CN=C(NCC1(c2cccc(F)c2)CC1)NC1CCN(Cc2ccc(F)cc2)CC1.I. The molecule has 168 valence electrons. The number of halogens is 3. The van der Waals surface area contributed by atoms with Gasteiger partial charge in [-0.3, -0.25) is 9.89 Å². The molecule has 1 heterocycles. The Morgan fingerprint density at radius 3 is 2.39 bits per heavy atom. The van der Waals surface area contributed by atoms with Crippen LogP contribution in [-0.4, -0.2) is 43.6 Å². The lowest BCUT2D eigenvalue weighted by molar-refractivity contribution is 0.198. The van der Waals surface area contributed by atoms with Crippen molar-refractivity contribution in [2.24, 2.45) is 4.99 Å². The Bertz CT molecular complexity index is 875. The maximum Gasteiger partial charge on any atom is 0.191 e. The zero-order valence-corrected chi connectivity index (χ0v) is 20.2. The fourth-order valence-electron chi connectivity index (χ4n) is 4.26. The summed E-state index contributed by atoms with van der Waals surface area (Å²) in [6.07, 6.45) is 4.22. The summed E-state index contributed by atoms with van der Waals surface area (Å²) in [5.41, 5.74) is 2.24. The van der Waals surface area contributed by atoms with Crippen molar-refractivity contribution in [2.45, 2.75) is 43.7 Å². The van der Waals surface area contributed by atoms with Gasteiger partial charge in [0.1, 0.15) is 11.6 Å². The number of hydrogen-bond acceptors (Lipinski definition) is 2. The lowest BCUT2D eigenvalue weighted by Gasteiger charge is -2.33. The number of benzene rings is 2. The van der Waals surface area contributed by atoms with Gasteiger partial charge in [0.05, 0.1) is 0 Å². The molecule has 31 heavy (non-hydrogen) atoms. The molecule has 0 aromatic heterocycles. The number of likely N-dealkylation sites (tertiary alicyclic amines) is 1. The van der Waals surface area contributed by atoms with Gasteiger partial charge in [-0.05, 0) is 61.1 Å². The maximum atomic E-state index is 13.6. The van der Waals surface area contributed by atoms with Gasteiger partial charge in [0.15, 0.2) is 5.96 Å². The third-order valence-electron chi connectivity index (χ3n) is 6.36. The quantitative estimate of drug-likeness (QED) is 0.324. The topological polar surface area (TPSA) is 39.7 Å². The average Bonchev–Trinajstić information content (AvgIpc) is 3.55. The van der Waals surface area contributed by atoms with Crippen LogP contribution in [0.3, 0.4) is 0 Å². The summed E-state index contributed by atoms with van der Waals surface area (Å²) in [4.78, 5) is 6.80. The van der Waals surface area contributed by atoms with E-state index in [0.29, 0.717) is 6.04 Å². The van der Waals surface area contributed by atoms with Crippen LogP contribution in [0.1, 0.15) is 36.8 Å². The first kappa shape index (κ1) is 23.9. The minimum absolute atomic E-state index is 0. The monoisotopic (exact) mass is 540 g/mol. The minimum atomic E-state index is -0.189. The van der Waals surface area contributed by atoms with Crippen LogP contribution in [0.15, 0.2) is 53.5 Å². The van der Waals surface area contributed by atoms with Crippen molar-refractivity contribution in [3.63, 3.8) is 0 Å². The van der Waals surface area contributed by atoms with E-state index in [1.165, 1.54) is 18.2 Å². The molecule has 2 aromatic carbocycles. The van der Waals surface area contributed by atoms with Crippen molar-refractivity contribution in [3.8, 4) is 0 Å². The van der Waals surface area contributed by atoms with E-state index in [-0.39, 0.29) is 41.0 Å². The molecule has 4 rings (SSSR count). The highest BCUT2D eigenvalue weighted by atomic mass is 127. The van der Waals surface area contributed by atoms with Gasteiger partial charge in [0, 0.05) is 44.7 Å². The van der Waals surface area contributed by atoms with Crippen molar-refractivity contribution in [1.82, 2.24) is 15.5 Å². The maximum absolute atomic E-state index is 13.6. The highest BCUT2D eigenvalue weighted by Crippen LogP contribution is 2.47. The number of aliphatic imine (C=N–C) groups is 1. The molecule has 4 nitrogen and oxygen atoms in total. The van der Waals surface area contributed by atoms with Gasteiger partial charge < -0.3 is 10.6 Å². The van der Waals surface area contributed by atoms with Crippen LogP contribution in [0.4, 0.5) is 8.78 Å². The Morgan fingerprint density at radius 1 is 1.06 bits per heavy atom. The molecule has 0 spiro atoms. The number of nitrogens with zero attached hydrogens (tertiary/aromatic N) is 2. The molecular weight excluding hydrogens is 509 g/mol. The Hall–Kier alpha value is -1.74. The van der Waals surface area contributed by atoms with Crippen LogP contribution < -0.4 is 10.6 Å². The van der Waals surface area contributed by atoms with Crippen molar-refractivity contribution in [3.05, 3.63) is 71.3 Å². The van der Waals surface area contributed by atoms with Crippen LogP contribution in [-0.2, 0) is 12.0 Å². The number of piperidine rings is 1. The summed E-state index contributed by atoms with van der Waals surface area (Å²) in [6.45, 7) is 3.62. The van der Waals surface area contributed by atoms with Crippen molar-refractivity contribution < 1.29 is 8.78 Å². The lowest BCUT2D eigenvalue weighted by atomic mass is 9.96.